The smallest absolute Gasteiger partial charge is 0.230 e. The number of rotatable bonds is 5. The lowest BCUT2D eigenvalue weighted by Crippen LogP contribution is -2.25. The third-order valence-electron chi connectivity index (χ3n) is 0.969. The number of hydrogen-bond donors (Lipinski definition) is 1. The molecule has 60 valence electrons. The molecule has 0 saturated carbocycles. The van der Waals surface area contributed by atoms with Crippen LogP contribution in [0.4, 0.5) is 0 Å². The fourth-order valence-corrected chi connectivity index (χ4v) is 0.690. The van der Waals surface area contributed by atoms with E-state index in [1.165, 1.54) is 0 Å². The van der Waals surface area contributed by atoms with Crippen molar-refractivity contribution in [3.63, 3.8) is 0 Å². The summed E-state index contributed by atoms with van der Waals surface area (Å²) in [4.78, 5) is 10.6. The van der Waals surface area contributed by atoms with Crippen LogP contribution in [0.1, 0.15) is 6.42 Å². The third-order valence-corrected chi connectivity index (χ3v) is 1.48. The number of hydrogen-bond acceptors (Lipinski definition) is 2. The molecule has 0 aliphatic rings. The topological polar surface area (TPSA) is 38.3 Å². The summed E-state index contributed by atoms with van der Waals surface area (Å²) < 4.78 is 4.79. The van der Waals surface area contributed by atoms with Gasteiger partial charge in [-0.1, -0.05) is 15.9 Å². The fourth-order valence-electron chi connectivity index (χ4n) is 0.492. The predicted octanol–water partition coefficient (Wildman–Crippen LogP) is 0.534. The molecular weight excluding hydrogens is 198 g/mol. The van der Waals surface area contributed by atoms with Crippen molar-refractivity contribution in [2.24, 2.45) is 0 Å². The van der Waals surface area contributed by atoms with Gasteiger partial charge in [-0.2, -0.15) is 0 Å². The van der Waals surface area contributed by atoms with Crippen molar-refractivity contribution in [2.75, 3.05) is 25.6 Å². The maximum absolute atomic E-state index is 10.6. The van der Waals surface area contributed by atoms with Gasteiger partial charge in [-0.15, -0.1) is 0 Å². The highest BCUT2D eigenvalue weighted by molar-refractivity contribution is 9.09. The summed E-state index contributed by atoms with van der Waals surface area (Å²) in [6.07, 6.45) is 0.870. The van der Waals surface area contributed by atoms with E-state index in [4.69, 9.17) is 4.74 Å². The highest BCUT2D eigenvalue weighted by Crippen LogP contribution is 1.80. The third kappa shape index (κ3) is 6.04. The Balaban J connectivity index is 2.96. The summed E-state index contributed by atoms with van der Waals surface area (Å²) in [6, 6.07) is 0. The lowest BCUT2D eigenvalue weighted by Gasteiger charge is -2.00. The molecule has 0 heterocycles. The number of ether oxygens (including phenoxy) is 1. The zero-order valence-corrected chi connectivity index (χ0v) is 7.61. The van der Waals surface area contributed by atoms with Crippen molar-refractivity contribution in [3.8, 4) is 0 Å². The second kappa shape index (κ2) is 7.02. The molecule has 0 bridgehead atoms. The lowest BCUT2D eigenvalue weighted by atomic mass is 10.4. The van der Waals surface area contributed by atoms with E-state index in [0.717, 1.165) is 6.42 Å². The number of carbonyl (C=O) groups excluding carboxylic acids is 1. The molecule has 0 rings (SSSR count). The van der Waals surface area contributed by atoms with Crippen molar-refractivity contribution >= 4 is 21.8 Å². The predicted molar refractivity (Wildman–Crippen MR) is 43.3 cm³/mol. The quantitative estimate of drug-likeness (QED) is 0.531. The van der Waals surface area contributed by atoms with Crippen LogP contribution in [0.25, 0.3) is 0 Å². The van der Waals surface area contributed by atoms with E-state index < -0.39 is 0 Å². The van der Waals surface area contributed by atoms with E-state index in [9.17, 15) is 4.79 Å². The van der Waals surface area contributed by atoms with Crippen LogP contribution in [0, 0.1) is 0 Å². The minimum Gasteiger partial charge on any atom is -0.385 e. The highest BCUT2D eigenvalue weighted by atomic mass is 79.9. The van der Waals surface area contributed by atoms with Crippen molar-refractivity contribution in [1.82, 2.24) is 5.32 Å². The number of methoxy groups -OCH3 is 1. The summed E-state index contributed by atoms with van der Waals surface area (Å²) in [5.41, 5.74) is 0. The first-order chi connectivity index (χ1) is 4.81. The number of carbonyl (C=O) groups is 1. The average molecular weight is 210 g/mol. The van der Waals surface area contributed by atoms with Gasteiger partial charge in [0.1, 0.15) is 0 Å². The first-order valence-corrected chi connectivity index (χ1v) is 4.25. The molecular formula is C6H12BrNO2. The number of nitrogens with one attached hydrogen (secondary N) is 1. The molecule has 0 aromatic heterocycles. The Bertz CT molecular complexity index is 97.7. The normalized spacial score (nSPS) is 9.40. The van der Waals surface area contributed by atoms with E-state index >= 15 is 0 Å². The van der Waals surface area contributed by atoms with Gasteiger partial charge in [0.2, 0.25) is 5.91 Å². The zero-order chi connectivity index (χ0) is 7.82. The summed E-state index contributed by atoms with van der Waals surface area (Å²) in [5.74, 6) is 0.0242. The SMILES string of the molecule is COCCCNC(=O)CBr. The van der Waals surface area contributed by atoms with Gasteiger partial charge >= 0.3 is 0 Å². The first-order valence-electron chi connectivity index (χ1n) is 3.13. The monoisotopic (exact) mass is 209 g/mol. The molecule has 0 unspecified atom stereocenters. The molecule has 0 aliphatic heterocycles. The van der Waals surface area contributed by atoms with E-state index in [-0.39, 0.29) is 5.91 Å². The zero-order valence-electron chi connectivity index (χ0n) is 6.02. The molecule has 1 N–H and O–H groups in total. The Morgan fingerprint density at radius 2 is 2.40 bits per heavy atom. The maximum atomic E-state index is 10.6. The van der Waals surface area contributed by atoms with Crippen LogP contribution >= 0.6 is 15.9 Å². The molecule has 10 heavy (non-hydrogen) atoms. The number of alkyl halides is 1. The van der Waals surface area contributed by atoms with Crippen molar-refractivity contribution in [1.29, 1.82) is 0 Å². The second-order valence-electron chi connectivity index (χ2n) is 1.83. The Morgan fingerprint density at radius 3 is 2.90 bits per heavy atom. The summed E-state index contributed by atoms with van der Waals surface area (Å²) in [7, 11) is 1.65. The van der Waals surface area contributed by atoms with Gasteiger partial charge in [-0.3, -0.25) is 4.79 Å². The molecule has 0 saturated heterocycles. The van der Waals surface area contributed by atoms with Crippen molar-refractivity contribution in [3.05, 3.63) is 0 Å². The Labute approximate surface area is 69.3 Å². The van der Waals surface area contributed by atoms with Crippen LogP contribution in [-0.2, 0) is 9.53 Å². The van der Waals surface area contributed by atoms with Gasteiger partial charge in [0.05, 0.1) is 5.33 Å². The van der Waals surface area contributed by atoms with E-state index in [0.29, 0.717) is 18.5 Å². The van der Waals surface area contributed by atoms with Crippen LogP contribution in [0.15, 0.2) is 0 Å². The van der Waals surface area contributed by atoms with Gasteiger partial charge < -0.3 is 10.1 Å². The van der Waals surface area contributed by atoms with Crippen LogP contribution < -0.4 is 5.32 Å². The Kier molecular flexibility index (Phi) is 6.96. The molecule has 0 radical (unpaired) electrons. The minimum atomic E-state index is 0.0242. The molecule has 0 atom stereocenters. The summed E-state index contributed by atoms with van der Waals surface area (Å²) >= 11 is 3.04. The number of amides is 1. The molecule has 1 amide bonds. The fraction of sp³-hybridized carbons (Fsp3) is 0.833. The van der Waals surface area contributed by atoms with Crippen LogP contribution in [0.3, 0.4) is 0 Å². The highest BCUT2D eigenvalue weighted by Gasteiger charge is 1.94. The maximum Gasteiger partial charge on any atom is 0.230 e. The largest absolute Gasteiger partial charge is 0.385 e. The molecule has 0 spiro atoms. The summed E-state index contributed by atoms with van der Waals surface area (Å²) in [5, 5.41) is 3.08. The van der Waals surface area contributed by atoms with Gasteiger partial charge in [-0.05, 0) is 6.42 Å². The molecule has 3 nitrogen and oxygen atoms in total. The van der Waals surface area contributed by atoms with Gasteiger partial charge in [0.25, 0.3) is 0 Å². The van der Waals surface area contributed by atoms with Crippen LogP contribution in [0.2, 0.25) is 0 Å². The van der Waals surface area contributed by atoms with Gasteiger partial charge in [-0.25, -0.2) is 0 Å². The standard InChI is InChI=1S/C6H12BrNO2/c1-10-4-2-3-8-6(9)5-7/h2-5H2,1H3,(H,8,9). The van der Waals surface area contributed by atoms with Gasteiger partial charge in [0, 0.05) is 20.3 Å². The second-order valence-corrected chi connectivity index (χ2v) is 2.39. The van der Waals surface area contributed by atoms with Gasteiger partial charge in [0.15, 0.2) is 0 Å². The molecule has 0 aromatic carbocycles. The first kappa shape index (κ1) is 9.91. The lowest BCUT2D eigenvalue weighted by molar-refractivity contribution is -0.118. The van der Waals surface area contributed by atoms with E-state index in [2.05, 4.69) is 21.2 Å². The molecule has 0 aliphatic carbocycles. The average Bonchev–Trinajstić information content (AvgIpc) is 1.98. The Morgan fingerprint density at radius 1 is 1.70 bits per heavy atom. The van der Waals surface area contributed by atoms with Crippen LogP contribution in [0.5, 0.6) is 0 Å². The summed E-state index contributed by atoms with van der Waals surface area (Å²) in [6.45, 7) is 1.39. The minimum absolute atomic E-state index is 0.0242. The van der Waals surface area contributed by atoms with Crippen molar-refractivity contribution in [2.45, 2.75) is 6.42 Å². The molecule has 0 fully saturated rings. The van der Waals surface area contributed by atoms with E-state index in [1.54, 1.807) is 7.11 Å². The molecule has 0 aromatic rings. The molecule has 4 heteroatoms. The number of halogens is 1. The van der Waals surface area contributed by atoms with Crippen molar-refractivity contribution < 1.29 is 9.53 Å². The Hall–Kier alpha value is -0.0900. The van der Waals surface area contributed by atoms with Crippen LogP contribution in [-0.4, -0.2) is 31.5 Å². The van der Waals surface area contributed by atoms with E-state index in [1.807, 2.05) is 0 Å².